The molecule has 1 heterocycles. The number of nitrogens with one attached hydrogen (secondary N) is 1. The number of halogens is 1. The van der Waals surface area contributed by atoms with Crippen LogP contribution in [-0.2, 0) is 9.59 Å². The molecule has 0 spiro atoms. The van der Waals surface area contributed by atoms with Crippen molar-refractivity contribution in [2.24, 2.45) is 0 Å². The minimum Gasteiger partial charge on any atom is -0.494 e. The number of hydrogen-bond acceptors (Lipinski definition) is 3. The number of Topliss-reactive ketones (excluding diaryl/α,β-unsaturated/α-hetero) is 1. The van der Waals surface area contributed by atoms with Gasteiger partial charge in [0.1, 0.15) is 11.6 Å². The summed E-state index contributed by atoms with van der Waals surface area (Å²) >= 11 is 0. The molecular weight excluding hydrogens is 357 g/mol. The Bertz CT molecular complexity index is 949. The molecule has 0 bridgehead atoms. The summed E-state index contributed by atoms with van der Waals surface area (Å²) in [7, 11) is 0. The molecule has 0 aromatic heterocycles. The van der Waals surface area contributed by atoms with Gasteiger partial charge < -0.3 is 10.1 Å². The van der Waals surface area contributed by atoms with Crippen LogP contribution in [0.3, 0.4) is 0 Å². The number of benzene rings is 2. The fraction of sp³-hybridized carbons (Fsp3) is 0.304. The predicted molar refractivity (Wildman–Crippen MR) is 104 cm³/mol. The zero-order valence-corrected chi connectivity index (χ0v) is 15.7. The van der Waals surface area contributed by atoms with Crippen LogP contribution < -0.4 is 10.1 Å². The molecule has 1 aliphatic carbocycles. The summed E-state index contributed by atoms with van der Waals surface area (Å²) in [5.74, 6) is 0.0820. The van der Waals surface area contributed by atoms with E-state index in [0.717, 1.165) is 16.9 Å². The number of amides is 1. The lowest BCUT2D eigenvalue weighted by Crippen LogP contribution is -2.38. The standard InChI is InChI=1S/C23H22FNO3/c1-2-28-18-5-3-4-15(10-18)19-13-22(27)25-20-11-16(12-21(26)23(19)20)14-6-8-17(24)9-7-14/h3-10,16,19H,2,11-13H2,1H3,(H,25,27)/t16-,19+/m1/s1. The number of carbonyl (C=O) groups is 2. The molecule has 1 aliphatic heterocycles. The molecule has 4 nitrogen and oxygen atoms in total. The highest BCUT2D eigenvalue weighted by atomic mass is 19.1. The first-order valence-electron chi connectivity index (χ1n) is 9.59. The molecule has 2 aromatic rings. The highest BCUT2D eigenvalue weighted by Gasteiger charge is 2.38. The van der Waals surface area contributed by atoms with Crippen molar-refractivity contribution in [1.29, 1.82) is 0 Å². The maximum atomic E-state index is 13.2. The van der Waals surface area contributed by atoms with Gasteiger partial charge in [0.25, 0.3) is 0 Å². The summed E-state index contributed by atoms with van der Waals surface area (Å²) in [5.41, 5.74) is 3.23. The Morgan fingerprint density at radius 3 is 2.57 bits per heavy atom. The topological polar surface area (TPSA) is 55.4 Å². The van der Waals surface area contributed by atoms with Crippen molar-refractivity contribution in [3.05, 3.63) is 76.7 Å². The average molecular weight is 379 g/mol. The number of rotatable bonds is 4. The molecule has 0 fully saturated rings. The Morgan fingerprint density at radius 1 is 1.04 bits per heavy atom. The van der Waals surface area contributed by atoms with Gasteiger partial charge >= 0.3 is 0 Å². The van der Waals surface area contributed by atoms with E-state index in [0.29, 0.717) is 30.7 Å². The van der Waals surface area contributed by atoms with Crippen molar-refractivity contribution >= 4 is 11.7 Å². The lowest BCUT2D eigenvalue weighted by molar-refractivity contribution is -0.122. The van der Waals surface area contributed by atoms with Crippen LogP contribution in [0.4, 0.5) is 4.39 Å². The number of hydrogen-bond donors (Lipinski definition) is 1. The van der Waals surface area contributed by atoms with Crippen LogP contribution in [0.1, 0.15) is 49.1 Å². The van der Waals surface area contributed by atoms with Gasteiger partial charge in [-0.25, -0.2) is 4.39 Å². The van der Waals surface area contributed by atoms with Crippen molar-refractivity contribution in [2.45, 2.75) is 38.0 Å². The fourth-order valence-corrected chi connectivity index (χ4v) is 4.20. The number of allylic oxidation sites excluding steroid dienone is 2. The Labute approximate surface area is 163 Å². The average Bonchev–Trinajstić information content (AvgIpc) is 2.68. The van der Waals surface area contributed by atoms with Crippen LogP contribution in [-0.4, -0.2) is 18.3 Å². The Hall–Kier alpha value is -2.95. The number of carbonyl (C=O) groups excluding carboxylic acids is 2. The third-order valence-electron chi connectivity index (χ3n) is 5.45. The second kappa shape index (κ2) is 7.58. The molecule has 1 N–H and O–H groups in total. The summed E-state index contributed by atoms with van der Waals surface area (Å²) in [5, 5.41) is 2.91. The van der Waals surface area contributed by atoms with Crippen LogP contribution in [0.2, 0.25) is 0 Å². The molecule has 4 rings (SSSR count). The highest BCUT2D eigenvalue weighted by molar-refractivity contribution is 6.02. The van der Waals surface area contributed by atoms with E-state index in [1.165, 1.54) is 12.1 Å². The molecule has 0 unspecified atom stereocenters. The quantitative estimate of drug-likeness (QED) is 0.865. The summed E-state index contributed by atoms with van der Waals surface area (Å²) in [6, 6.07) is 13.9. The van der Waals surface area contributed by atoms with Crippen molar-refractivity contribution in [3.8, 4) is 5.75 Å². The molecule has 2 atom stereocenters. The summed E-state index contributed by atoms with van der Waals surface area (Å²) in [6.45, 7) is 2.47. The molecule has 0 saturated carbocycles. The van der Waals surface area contributed by atoms with Gasteiger partial charge in [-0.05, 0) is 54.7 Å². The molecule has 1 amide bonds. The van der Waals surface area contributed by atoms with E-state index in [1.807, 2.05) is 31.2 Å². The minimum absolute atomic E-state index is 0.0439. The van der Waals surface area contributed by atoms with Crippen molar-refractivity contribution in [1.82, 2.24) is 5.32 Å². The van der Waals surface area contributed by atoms with Gasteiger partial charge in [-0.3, -0.25) is 9.59 Å². The zero-order valence-electron chi connectivity index (χ0n) is 15.7. The van der Waals surface area contributed by atoms with E-state index in [9.17, 15) is 14.0 Å². The highest BCUT2D eigenvalue weighted by Crippen LogP contribution is 2.43. The van der Waals surface area contributed by atoms with Crippen LogP contribution in [0.15, 0.2) is 59.8 Å². The number of ketones is 1. The van der Waals surface area contributed by atoms with E-state index in [2.05, 4.69) is 5.32 Å². The molecule has 2 aliphatic rings. The Morgan fingerprint density at radius 2 is 1.82 bits per heavy atom. The van der Waals surface area contributed by atoms with Crippen LogP contribution in [0.5, 0.6) is 5.75 Å². The van der Waals surface area contributed by atoms with E-state index >= 15 is 0 Å². The first-order chi connectivity index (χ1) is 13.5. The predicted octanol–water partition coefficient (Wildman–Crippen LogP) is 4.23. The van der Waals surface area contributed by atoms with E-state index in [-0.39, 0.29) is 35.8 Å². The summed E-state index contributed by atoms with van der Waals surface area (Å²) in [6.07, 6.45) is 1.18. The Balaban J connectivity index is 1.68. The largest absolute Gasteiger partial charge is 0.494 e. The van der Waals surface area contributed by atoms with E-state index in [1.54, 1.807) is 12.1 Å². The molecule has 144 valence electrons. The molecule has 5 heteroatoms. The van der Waals surface area contributed by atoms with Crippen molar-refractivity contribution in [3.63, 3.8) is 0 Å². The van der Waals surface area contributed by atoms with Crippen LogP contribution >= 0.6 is 0 Å². The van der Waals surface area contributed by atoms with Gasteiger partial charge in [0.2, 0.25) is 5.91 Å². The second-order valence-corrected chi connectivity index (χ2v) is 7.28. The second-order valence-electron chi connectivity index (χ2n) is 7.28. The van der Waals surface area contributed by atoms with Crippen LogP contribution in [0.25, 0.3) is 0 Å². The molecule has 0 radical (unpaired) electrons. The summed E-state index contributed by atoms with van der Waals surface area (Å²) in [4.78, 5) is 25.4. The third-order valence-corrected chi connectivity index (χ3v) is 5.45. The minimum atomic E-state index is -0.300. The third kappa shape index (κ3) is 3.57. The summed E-state index contributed by atoms with van der Waals surface area (Å²) < 4.78 is 18.8. The molecule has 28 heavy (non-hydrogen) atoms. The zero-order chi connectivity index (χ0) is 19.7. The first kappa shape index (κ1) is 18.4. The SMILES string of the molecule is CCOc1cccc([C@@H]2CC(=O)NC3=C2C(=O)C[C@H](c2ccc(F)cc2)C3)c1. The van der Waals surface area contributed by atoms with Crippen molar-refractivity contribution < 1.29 is 18.7 Å². The first-order valence-corrected chi connectivity index (χ1v) is 9.59. The maximum absolute atomic E-state index is 13.2. The lowest BCUT2D eigenvalue weighted by atomic mass is 9.73. The van der Waals surface area contributed by atoms with Gasteiger partial charge in [0.15, 0.2) is 5.78 Å². The monoisotopic (exact) mass is 379 g/mol. The van der Waals surface area contributed by atoms with E-state index < -0.39 is 0 Å². The maximum Gasteiger partial charge on any atom is 0.225 e. The smallest absolute Gasteiger partial charge is 0.225 e. The molecular formula is C23H22FNO3. The number of ether oxygens (including phenoxy) is 1. The van der Waals surface area contributed by atoms with Gasteiger partial charge in [0.05, 0.1) is 6.61 Å². The van der Waals surface area contributed by atoms with Gasteiger partial charge in [-0.1, -0.05) is 24.3 Å². The molecule has 0 saturated heterocycles. The normalized spacial score (nSPS) is 21.9. The Kier molecular flexibility index (Phi) is 4.99. The van der Waals surface area contributed by atoms with Crippen molar-refractivity contribution in [2.75, 3.05) is 6.61 Å². The van der Waals surface area contributed by atoms with Gasteiger partial charge in [-0.2, -0.15) is 0 Å². The fourth-order valence-electron chi connectivity index (χ4n) is 4.20. The van der Waals surface area contributed by atoms with E-state index in [4.69, 9.17) is 4.74 Å². The van der Waals surface area contributed by atoms with Gasteiger partial charge in [-0.15, -0.1) is 0 Å². The van der Waals surface area contributed by atoms with Crippen LogP contribution in [0, 0.1) is 5.82 Å². The lowest BCUT2D eigenvalue weighted by Gasteiger charge is -2.34. The molecule has 2 aromatic carbocycles. The van der Waals surface area contributed by atoms with Gasteiger partial charge in [0, 0.05) is 30.0 Å².